The molecule has 0 radical (unpaired) electrons. The van der Waals surface area contributed by atoms with Crippen molar-refractivity contribution in [1.82, 2.24) is 9.62 Å². The number of rotatable bonds is 9. The van der Waals surface area contributed by atoms with Crippen molar-refractivity contribution in [2.45, 2.75) is 50.6 Å². The van der Waals surface area contributed by atoms with E-state index in [2.05, 4.69) is 4.72 Å². The van der Waals surface area contributed by atoms with Crippen LogP contribution in [0, 0.1) is 11.3 Å². The van der Waals surface area contributed by atoms with Crippen molar-refractivity contribution in [1.29, 1.82) is 0 Å². The van der Waals surface area contributed by atoms with E-state index in [1.807, 2.05) is 30.3 Å². The van der Waals surface area contributed by atoms with Gasteiger partial charge in [-0.05, 0) is 60.6 Å². The lowest BCUT2D eigenvalue weighted by atomic mass is 9.67. The molecule has 1 aliphatic heterocycles. The number of carboxylic acid groups (broad SMARTS) is 1. The number of hydrogen-bond donors (Lipinski definition) is 2. The fourth-order valence-corrected chi connectivity index (χ4v) is 6.25. The van der Waals surface area contributed by atoms with Gasteiger partial charge in [0.1, 0.15) is 0 Å². The molecule has 36 heavy (non-hydrogen) atoms. The second-order valence-electron chi connectivity index (χ2n) is 10.2. The van der Waals surface area contributed by atoms with Crippen LogP contribution in [0.15, 0.2) is 48.5 Å². The lowest BCUT2D eigenvalue weighted by Crippen LogP contribution is -2.59. The lowest BCUT2D eigenvalue weighted by molar-refractivity contribution is -0.161. The van der Waals surface area contributed by atoms with Crippen LogP contribution < -0.4 is 4.72 Å². The van der Waals surface area contributed by atoms with Gasteiger partial charge in [0.05, 0.1) is 24.1 Å². The first kappa shape index (κ1) is 26.9. The van der Waals surface area contributed by atoms with E-state index in [1.54, 1.807) is 30.0 Å². The van der Waals surface area contributed by atoms with Gasteiger partial charge in [0.2, 0.25) is 15.9 Å². The Hall–Kier alpha value is -2.13. The summed E-state index contributed by atoms with van der Waals surface area (Å²) in [6, 6.07) is 13.8. The third kappa shape index (κ3) is 6.05. The zero-order chi connectivity index (χ0) is 26.3. The Morgan fingerprint density at radius 1 is 1.14 bits per heavy atom. The standard InChI is InChI=1S/C26H30Cl2N2O5S/c1-26(14-23(31)32)13-21(18-4-3-5-20(28)12-18)24(17-8-10-19(27)11-9-17)30(25(26)33)22(16-6-7-16)15-29-36(2,34)35/h3-5,8-12,16,21-22,24,29H,6-7,13-15H2,1-2H3,(H,31,32)/t21-,22-,24-,26-/m1/s1. The number of halogens is 2. The molecule has 1 saturated heterocycles. The largest absolute Gasteiger partial charge is 0.481 e. The molecule has 0 unspecified atom stereocenters. The van der Waals surface area contributed by atoms with Gasteiger partial charge in [-0.3, -0.25) is 9.59 Å². The summed E-state index contributed by atoms with van der Waals surface area (Å²) in [7, 11) is -3.50. The Morgan fingerprint density at radius 2 is 1.81 bits per heavy atom. The number of sulfonamides is 1. The van der Waals surface area contributed by atoms with E-state index in [9.17, 15) is 23.1 Å². The Morgan fingerprint density at radius 3 is 2.36 bits per heavy atom. The summed E-state index contributed by atoms with van der Waals surface area (Å²) in [4.78, 5) is 27.9. The second-order valence-corrected chi connectivity index (χ2v) is 12.9. The smallest absolute Gasteiger partial charge is 0.304 e. The summed E-state index contributed by atoms with van der Waals surface area (Å²) in [6.45, 7) is 1.75. The number of nitrogens with zero attached hydrogens (tertiary/aromatic N) is 1. The van der Waals surface area contributed by atoms with Crippen LogP contribution in [0.4, 0.5) is 0 Å². The van der Waals surface area contributed by atoms with E-state index in [0.29, 0.717) is 16.5 Å². The Kier molecular flexibility index (Phi) is 7.72. The van der Waals surface area contributed by atoms with Crippen LogP contribution in [0.25, 0.3) is 0 Å². The average molecular weight is 554 g/mol. The van der Waals surface area contributed by atoms with Gasteiger partial charge >= 0.3 is 5.97 Å². The summed E-state index contributed by atoms with van der Waals surface area (Å²) in [6.07, 6.45) is 2.80. The van der Waals surface area contributed by atoms with Crippen LogP contribution in [-0.2, 0) is 19.6 Å². The molecule has 2 fully saturated rings. The van der Waals surface area contributed by atoms with Crippen LogP contribution in [0.2, 0.25) is 10.0 Å². The molecule has 2 aromatic carbocycles. The first-order valence-electron chi connectivity index (χ1n) is 11.9. The number of likely N-dealkylation sites (tertiary alicyclic amines) is 1. The number of carbonyl (C=O) groups is 2. The number of aliphatic carboxylic acids is 1. The maximum Gasteiger partial charge on any atom is 0.304 e. The molecule has 7 nitrogen and oxygen atoms in total. The maximum absolute atomic E-state index is 14.2. The molecule has 2 N–H and O–H groups in total. The molecule has 4 rings (SSSR count). The quantitative estimate of drug-likeness (QED) is 0.462. The van der Waals surface area contributed by atoms with E-state index in [0.717, 1.165) is 30.2 Å². The van der Waals surface area contributed by atoms with Gasteiger partial charge in [-0.15, -0.1) is 0 Å². The van der Waals surface area contributed by atoms with E-state index in [-0.39, 0.29) is 30.7 Å². The summed E-state index contributed by atoms with van der Waals surface area (Å²) in [5.41, 5.74) is 0.558. The number of amides is 1. The SMILES string of the molecule is C[C@]1(CC(=O)O)C[C@H](c2cccc(Cl)c2)[C@@H](c2ccc(Cl)cc2)N([C@H](CNS(C)(=O)=O)C2CC2)C1=O. The molecule has 1 heterocycles. The number of benzene rings is 2. The van der Waals surface area contributed by atoms with Crippen LogP contribution in [0.3, 0.4) is 0 Å². The fraction of sp³-hybridized carbons (Fsp3) is 0.462. The number of nitrogens with one attached hydrogen (secondary N) is 1. The maximum atomic E-state index is 14.2. The van der Waals surface area contributed by atoms with Gasteiger partial charge in [0.15, 0.2) is 0 Å². The minimum atomic E-state index is -3.50. The molecule has 1 saturated carbocycles. The Bertz CT molecular complexity index is 1250. The Balaban J connectivity index is 1.89. The highest BCUT2D eigenvalue weighted by Crippen LogP contribution is 2.53. The van der Waals surface area contributed by atoms with E-state index < -0.39 is 33.5 Å². The highest BCUT2D eigenvalue weighted by molar-refractivity contribution is 7.88. The summed E-state index contributed by atoms with van der Waals surface area (Å²) >= 11 is 12.5. The number of piperidine rings is 1. The second kappa shape index (κ2) is 10.3. The van der Waals surface area contributed by atoms with Gasteiger partial charge in [-0.25, -0.2) is 13.1 Å². The summed E-state index contributed by atoms with van der Waals surface area (Å²) < 4.78 is 26.6. The van der Waals surface area contributed by atoms with Crippen molar-refractivity contribution in [3.63, 3.8) is 0 Å². The zero-order valence-corrected chi connectivity index (χ0v) is 22.5. The van der Waals surface area contributed by atoms with Gasteiger partial charge in [-0.1, -0.05) is 54.4 Å². The zero-order valence-electron chi connectivity index (χ0n) is 20.2. The van der Waals surface area contributed by atoms with Gasteiger partial charge < -0.3 is 10.0 Å². The van der Waals surface area contributed by atoms with Crippen molar-refractivity contribution < 1.29 is 23.1 Å². The van der Waals surface area contributed by atoms with Crippen molar-refractivity contribution in [2.24, 2.45) is 11.3 Å². The van der Waals surface area contributed by atoms with E-state index in [4.69, 9.17) is 23.2 Å². The molecule has 0 aromatic heterocycles. The molecule has 4 atom stereocenters. The van der Waals surface area contributed by atoms with Gasteiger partial charge in [0, 0.05) is 28.5 Å². The predicted molar refractivity (Wildman–Crippen MR) is 140 cm³/mol. The van der Waals surface area contributed by atoms with Crippen molar-refractivity contribution in [3.05, 3.63) is 69.7 Å². The predicted octanol–water partition coefficient (Wildman–Crippen LogP) is 4.86. The molecule has 1 amide bonds. The molecule has 2 aromatic rings. The van der Waals surface area contributed by atoms with E-state index in [1.165, 1.54) is 0 Å². The molecule has 0 spiro atoms. The number of carbonyl (C=O) groups excluding carboxylic acids is 1. The van der Waals surface area contributed by atoms with Crippen molar-refractivity contribution in [3.8, 4) is 0 Å². The van der Waals surface area contributed by atoms with Crippen molar-refractivity contribution >= 4 is 45.1 Å². The molecule has 194 valence electrons. The summed E-state index contributed by atoms with van der Waals surface area (Å²) in [5, 5.41) is 10.8. The van der Waals surface area contributed by atoms with Crippen LogP contribution in [-0.4, -0.2) is 49.1 Å². The molecule has 0 bridgehead atoms. The third-order valence-electron chi connectivity index (χ3n) is 7.21. The molecule has 2 aliphatic rings. The average Bonchev–Trinajstić information content (AvgIpc) is 3.61. The molecular formula is C26H30Cl2N2O5S. The third-order valence-corrected chi connectivity index (χ3v) is 8.39. The number of hydrogen-bond acceptors (Lipinski definition) is 4. The highest BCUT2D eigenvalue weighted by atomic mass is 35.5. The van der Waals surface area contributed by atoms with Crippen LogP contribution in [0.5, 0.6) is 0 Å². The topological polar surface area (TPSA) is 104 Å². The van der Waals surface area contributed by atoms with Crippen molar-refractivity contribution in [2.75, 3.05) is 12.8 Å². The van der Waals surface area contributed by atoms with Gasteiger partial charge in [0.25, 0.3) is 0 Å². The van der Waals surface area contributed by atoms with E-state index >= 15 is 0 Å². The number of carboxylic acids is 1. The van der Waals surface area contributed by atoms with Gasteiger partial charge in [-0.2, -0.15) is 0 Å². The monoisotopic (exact) mass is 552 g/mol. The van der Waals surface area contributed by atoms with Crippen LogP contribution >= 0.6 is 23.2 Å². The first-order chi connectivity index (χ1) is 16.9. The Labute approximate surface area is 221 Å². The van der Waals surface area contributed by atoms with Crippen LogP contribution in [0.1, 0.15) is 55.7 Å². The summed E-state index contributed by atoms with van der Waals surface area (Å²) in [5.74, 6) is -1.50. The fourth-order valence-electron chi connectivity index (χ4n) is 5.45. The first-order valence-corrected chi connectivity index (χ1v) is 14.5. The lowest BCUT2D eigenvalue weighted by Gasteiger charge is -2.52. The normalized spacial score (nSPS) is 25.6. The molecule has 10 heteroatoms. The molecular weight excluding hydrogens is 523 g/mol. The molecule has 1 aliphatic carbocycles. The minimum absolute atomic E-state index is 0.0603. The highest BCUT2D eigenvalue weighted by Gasteiger charge is 2.54. The minimum Gasteiger partial charge on any atom is -0.481 e.